The number of carboxylic acids is 1. The lowest BCUT2D eigenvalue weighted by Gasteiger charge is -2.19. The van der Waals surface area contributed by atoms with Gasteiger partial charge < -0.3 is 10.0 Å². The second kappa shape index (κ2) is 5.33. The zero-order chi connectivity index (χ0) is 14.2. The fraction of sp³-hybridized carbons (Fsp3) is 0.562. The lowest BCUT2D eigenvalue weighted by Crippen LogP contribution is -2.22. The van der Waals surface area contributed by atoms with Gasteiger partial charge in [0.15, 0.2) is 0 Å². The number of benzene rings is 1. The number of hydrogen-bond donors (Lipinski definition) is 1. The van der Waals surface area contributed by atoms with E-state index in [0.717, 1.165) is 19.5 Å². The summed E-state index contributed by atoms with van der Waals surface area (Å²) in [6, 6.07) is 4.48. The predicted octanol–water partition coefficient (Wildman–Crippen LogP) is 2.76. The molecule has 1 fully saturated rings. The Bertz CT molecular complexity index is 496. The molecule has 1 aliphatic rings. The SMILES string of the molecule is Cc1cc(C)c(CN(C)CC2CC2C(=O)O)cc1C. The van der Waals surface area contributed by atoms with Crippen LogP contribution in [0.25, 0.3) is 0 Å². The molecule has 2 atom stereocenters. The minimum Gasteiger partial charge on any atom is -0.481 e. The van der Waals surface area contributed by atoms with E-state index in [-0.39, 0.29) is 5.92 Å². The number of aryl methyl sites for hydroxylation is 3. The van der Waals surface area contributed by atoms with Gasteiger partial charge in [-0.1, -0.05) is 12.1 Å². The third kappa shape index (κ3) is 3.35. The monoisotopic (exact) mass is 261 g/mol. The molecule has 1 saturated carbocycles. The van der Waals surface area contributed by atoms with Crippen LogP contribution in [0.2, 0.25) is 0 Å². The molecule has 104 valence electrons. The van der Waals surface area contributed by atoms with Crippen molar-refractivity contribution in [2.24, 2.45) is 11.8 Å². The molecule has 0 radical (unpaired) electrons. The number of carboxylic acid groups (broad SMARTS) is 1. The average Bonchev–Trinajstić information content (AvgIpc) is 3.05. The van der Waals surface area contributed by atoms with Crippen LogP contribution in [0.3, 0.4) is 0 Å². The number of hydrogen-bond acceptors (Lipinski definition) is 2. The molecule has 1 aromatic carbocycles. The van der Waals surface area contributed by atoms with E-state index in [1.165, 1.54) is 22.3 Å². The lowest BCUT2D eigenvalue weighted by atomic mass is 10.0. The first-order chi connectivity index (χ1) is 8.88. The molecule has 2 rings (SSSR count). The van der Waals surface area contributed by atoms with Crippen LogP contribution < -0.4 is 0 Å². The number of aliphatic carboxylic acids is 1. The van der Waals surface area contributed by atoms with E-state index in [1.54, 1.807) is 0 Å². The Hall–Kier alpha value is -1.35. The summed E-state index contributed by atoms with van der Waals surface area (Å²) in [4.78, 5) is 13.1. The maximum Gasteiger partial charge on any atom is 0.306 e. The fourth-order valence-electron chi connectivity index (χ4n) is 2.70. The smallest absolute Gasteiger partial charge is 0.306 e. The van der Waals surface area contributed by atoms with E-state index in [1.807, 2.05) is 0 Å². The molecule has 0 spiro atoms. The summed E-state index contributed by atoms with van der Waals surface area (Å²) in [6.07, 6.45) is 0.839. The molecule has 0 heterocycles. The third-order valence-electron chi connectivity index (χ3n) is 4.18. The van der Waals surface area contributed by atoms with Crippen LogP contribution in [0.4, 0.5) is 0 Å². The van der Waals surface area contributed by atoms with E-state index in [9.17, 15) is 4.79 Å². The molecule has 0 amide bonds. The van der Waals surface area contributed by atoms with Crippen molar-refractivity contribution in [3.63, 3.8) is 0 Å². The fourth-order valence-corrected chi connectivity index (χ4v) is 2.70. The topological polar surface area (TPSA) is 40.5 Å². The third-order valence-corrected chi connectivity index (χ3v) is 4.18. The molecule has 3 heteroatoms. The molecule has 1 N–H and O–H groups in total. The molecule has 2 unspecified atom stereocenters. The van der Waals surface area contributed by atoms with Crippen LogP contribution in [-0.2, 0) is 11.3 Å². The normalized spacial score (nSPS) is 21.7. The van der Waals surface area contributed by atoms with E-state index >= 15 is 0 Å². The molecule has 3 nitrogen and oxygen atoms in total. The van der Waals surface area contributed by atoms with Gasteiger partial charge in [-0.05, 0) is 62.4 Å². The molecule has 0 bridgehead atoms. The van der Waals surface area contributed by atoms with Crippen molar-refractivity contribution in [2.75, 3.05) is 13.6 Å². The largest absolute Gasteiger partial charge is 0.481 e. The standard InChI is InChI=1S/C16H23NO2/c1-10-5-12(3)13(6-11(10)2)8-17(4)9-14-7-15(14)16(18)19/h5-6,14-15H,7-9H2,1-4H3,(H,18,19). The number of nitrogens with zero attached hydrogens (tertiary/aromatic N) is 1. The first-order valence-corrected chi connectivity index (χ1v) is 6.86. The maximum atomic E-state index is 10.8. The highest BCUT2D eigenvalue weighted by atomic mass is 16.4. The highest BCUT2D eigenvalue weighted by molar-refractivity contribution is 5.73. The molecule has 0 aliphatic heterocycles. The minimum atomic E-state index is -0.638. The van der Waals surface area contributed by atoms with Gasteiger partial charge in [0.1, 0.15) is 0 Å². The Labute approximate surface area is 115 Å². The molecular formula is C16H23NO2. The molecule has 0 saturated heterocycles. The van der Waals surface area contributed by atoms with Crippen molar-refractivity contribution in [1.29, 1.82) is 0 Å². The number of rotatable bonds is 5. The van der Waals surface area contributed by atoms with E-state index < -0.39 is 5.97 Å². The van der Waals surface area contributed by atoms with Crippen molar-refractivity contribution >= 4 is 5.97 Å². The van der Waals surface area contributed by atoms with Gasteiger partial charge in [0, 0.05) is 13.1 Å². The van der Waals surface area contributed by atoms with Crippen LogP contribution in [0.1, 0.15) is 28.7 Å². The van der Waals surface area contributed by atoms with Crippen molar-refractivity contribution in [3.05, 3.63) is 34.4 Å². The first kappa shape index (κ1) is 14.1. The van der Waals surface area contributed by atoms with Gasteiger partial charge in [-0.2, -0.15) is 0 Å². The summed E-state index contributed by atoms with van der Waals surface area (Å²) in [5.74, 6) is -0.404. The Morgan fingerprint density at radius 1 is 1.26 bits per heavy atom. The molecule has 0 aromatic heterocycles. The highest BCUT2D eigenvalue weighted by Crippen LogP contribution is 2.39. The minimum absolute atomic E-state index is 0.108. The van der Waals surface area contributed by atoms with Gasteiger partial charge in [-0.3, -0.25) is 4.79 Å². The summed E-state index contributed by atoms with van der Waals surface area (Å²) >= 11 is 0. The van der Waals surface area contributed by atoms with Gasteiger partial charge in [0.25, 0.3) is 0 Å². The maximum absolute atomic E-state index is 10.8. The summed E-state index contributed by atoms with van der Waals surface area (Å²) < 4.78 is 0. The van der Waals surface area contributed by atoms with Gasteiger partial charge >= 0.3 is 5.97 Å². The molecular weight excluding hydrogens is 238 g/mol. The van der Waals surface area contributed by atoms with Gasteiger partial charge in [-0.15, -0.1) is 0 Å². The Morgan fingerprint density at radius 2 is 1.89 bits per heavy atom. The Balaban J connectivity index is 1.94. The lowest BCUT2D eigenvalue weighted by molar-refractivity contribution is -0.138. The van der Waals surface area contributed by atoms with Gasteiger partial charge in [-0.25, -0.2) is 0 Å². The zero-order valence-corrected chi connectivity index (χ0v) is 12.2. The van der Waals surface area contributed by atoms with Crippen molar-refractivity contribution < 1.29 is 9.90 Å². The Morgan fingerprint density at radius 3 is 2.47 bits per heavy atom. The summed E-state index contributed by atoms with van der Waals surface area (Å²) in [5.41, 5.74) is 5.32. The van der Waals surface area contributed by atoms with E-state index in [4.69, 9.17) is 5.11 Å². The van der Waals surface area contributed by atoms with E-state index in [2.05, 4.69) is 44.9 Å². The predicted molar refractivity (Wildman–Crippen MR) is 76.2 cm³/mol. The zero-order valence-electron chi connectivity index (χ0n) is 12.2. The summed E-state index contributed by atoms with van der Waals surface area (Å²) in [7, 11) is 2.08. The second-order valence-corrected chi connectivity index (χ2v) is 6.00. The van der Waals surface area contributed by atoms with Crippen molar-refractivity contribution in [1.82, 2.24) is 4.90 Å². The second-order valence-electron chi connectivity index (χ2n) is 6.00. The van der Waals surface area contributed by atoms with Crippen LogP contribution in [-0.4, -0.2) is 29.6 Å². The van der Waals surface area contributed by atoms with Crippen LogP contribution in [0.15, 0.2) is 12.1 Å². The van der Waals surface area contributed by atoms with Crippen LogP contribution in [0.5, 0.6) is 0 Å². The summed E-state index contributed by atoms with van der Waals surface area (Å²) in [6.45, 7) is 8.20. The van der Waals surface area contributed by atoms with Crippen LogP contribution >= 0.6 is 0 Å². The van der Waals surface area contributed by atoms with Gasteiger partial charge in [0.2, 0.25) is 0 Å². The molecule has 1 aromatic rings. The quantitative estimate of drug-likeness (QED) is 0.886. The van der Waals surface area contributed by atoms with Gasteiger partial charge in [0.05, 0.1) is 5.92 Å². The Kier molecular flexibility index (Phi) is 3.95. The summed E-state index contributed by atoms with van der Waals surface area (Å²) in [5, 5.41) is 8.92. The van der Waals surface area contributed by atoms with Crippen molar-refractivity contribution in [3.8, 4) is 0 Å². The first-order valence-electron chi connectivity index (χ1n) is 6.86. The average molecular weight is 261 g/mol. The molecule has 1 aliphatic carbocycles. The molecule has 19 heavy (non-hydrogen) atoms. The van der Waals surface area contributed by atoms with Crippen molar-refractivity contribution in [2.45, 2.75) is 33.7 Å². The van der Waals surface area contributed by atoms with E-state index in [0.29, 0.717) is 5.92 Å². The highest BCUT2D eigenvalue weighted by Gasteiger charge is 2.43. The van der Waals surface area contributed by atoms with Crippen LogP contribution in [0, 0.1) is 32.6 Å². The number of carbonyl (C=O) groups is 1.